The first-order valence-corrected chi connectivity index (χ1v) is 12.6. The lowest BCUT2D eigenvalue weighted by atomic mass is 10.0. The number of imidazole rings is 1. The van der Waals surface area contributed by atoms with Gasteiger partial charge in [0.1, 0.15) is 11.3 Å². The number of benzene rings is 1. The minimum absolute atomic E-state index is 0.294. The van der Waals surface area contributed by atoms with Crippen LogP contribution in [0.3, 0.4) is 0 Å². The Balaban J connectivity index is 1.33. The van der Waals surface area contributed by atoms with Crippen LogP contribution in [0.25, 0.3) is 11.2 Å². The normalized spacial score (nSPS) is 16.1. The van der Waals surface area contributed by atoms with Crippen LogP contribution in [0.1, 0.15) is 62.3 Å². The van der Waals surface area contributed by atoms with Crippen molar-refractivity contribution in [1.82, 2.24) is 24.3 Å². The molecule has 33 heavy (non-hydrogen) atoms. The van der Waals surface area contributed by atoms with Gasteiger partial charge >= 0.3 is 0 Å². The summed E-state index contributed by atoms with van der Waals surface area (Å²) < 4.78 is 2.29. The average Bonchev–Trinajstić information content (AvgIpc) is 3.12. The molecule has 0 N–H and O–H groups in total. The molecule has 5 nitrogen and oxygen atoms in total. The lowest BCUT2D eigenvalue weighted by Gasteiger charge is -2.42. The predicted octanol–water partition coefficient (Wildman–Crippen LogP) is 5.01. The molecule has 0 aliphatic carbocycles. The molecule has 178 valence electrons. The highest BCUT2D eigenvalue weighted by Gasteiger charge is 2.25. The number of hydrogen-bond donors (Lipinski definition) is 0. The molecule has 5 heteroatoms. The van der Waals surface area contributed by atoms with Crippen LogP contribution < -0.4 is 0 Å². The first kappa shape index (κ1) is 23.9. The van der Waals surface area contributed by atoms with E-state index < -0.39 is 0 Å². The van der Waals surface area contributed by atoms with Crippen LogP contribution in [0.4, 0.5) is 0 Å². The van der Waals surface area contributed by atoms with E-state index in [0.717, 1.165) is 42.1 Å². The molecule has 1 aliphatic rings. The maximum atomic E-state index is 4.88. The van der Waals surface area contributed by atoms with Gasteiger partial charge in [0.2, 0.25) is 0 Å². The molecule has 0 spiro atoms. The molecule has 3 heterocycles. The van der Waals surface area contributed by atoms with Crippen LogP contribution in [-0.2, 0) is 19.4 Å². The van der Waals surface area contributed by atoms with Crippen molar-refractivity contribution in [3.63, 3.8) is 0 Å². The number of nitrogens with zero attached hydrogens (tertiary/aromatic N) is 5. The number of aromatic nitrogens is 3. The molecule has 0 bridgehead atoms. The Morgan fingerprint density at radius 2 is 1.58 bits per heavy atom. The molecule has 0 unspecified atom stereocenters. The van der Waals surface area contributed by atoms with Gasteiger partial charge in [-0.15, -0.1) is 0 Å². The Hall–Kier alpha value is -2.24. The second-order valence-electron chi connectivity index (χ2n) is 10.6. The zero-order valence-electron chi connectivity index (χ0n) is 21.5. The largest absolute Gasteiger partial charge is 0.308 e. The van der Waals surface area contributed by atoms with E-state index >= 15 is 0 Å². The topological polar surface area (TPSA) is 37.2 Å². The van der Waals surface area contributed by atoms with Crippen molar-refractivity contribution < 1.29 is 0 Å². The first-order chi connectivity index (χ1) is 15.7. The van der Waals surface area contributed by atoms with Gasteiger partial charge in [-0.2, -0.15) is 0 Å². The van der Waals surface area contributed by atoms with Crippen molar-refractivity contribution in [3.05, 3.63) is 58.5 Å². The summed E-state index contributed by atoms with van der Waals surface area (Å²) in [6.07, 6.45) is 3.29. The van der Waals surface area contributed by atoms with Crippen LogP contribution in [0.5, 0.6) is 0 Å². The Labute approximate surface area is 199 Å². The molecule has 2 aromatic heterocycles. The summed E-state index contributed by atoms with van der Waals surface area (Å²) in [5.74, 6) is 1.11. The van der Waals surface area contributed by atoms with E-state index in [-0.39, 0.29) is 0 Å². The third-order valence-electron chi connectivity index (χ3n) is 7.04. The molecule has 1 aromatic carbocycles. The number of pyridine rings is 1. The summed E-state index contributed by atoms with van der Waals surface area (Å²) in [6, 6.07) is 11.3. The highest BCUT2D eigenvalue weighted by atomic mass is 15.3. The minimum atomic E-state index is 0.294. The molecule has 0 amide bonds. The molecule has 0 atom stereocenters. The van der Waals surface area contributed by atoms with E-state index in [1.807, 2.05) is 0 Å². The number of fused-ring (bicyclic) bond motifs is 1. The maximum Gasteiger partial charge on any atom is 0.160 e. The van der Waals surface area contributed by atoms with E-state index in [1.54, 1.807) is 0 Å². The Bertz CT molecular complexity index is 1070. The second kappa shape index (κ2) is 9.94. The zero-order valence-corrected chi connectivity index (χ0v) is 21.5. The Kier molecular flexibility index (Phi) is 7.20. The van der Waals surface area contributed by atoms with E-state index in [2.05, 4.69) is 86.2 Å². The van der Waals surface area contributed by atoms with Gasteiger partial charge in [0.25, 0.3) is 0 Å². The average molecular weight is 448 g/mol. The van der Waals surface area contributed by atoms with E-state index in [0.29, 0.717) is 5.54 Å². The lowest BCUT2D eigenvalue weighted by Crippen LogP contribution is -2.53. The van der Waals surface area contributed by atoms with Crippen LogP contribution >= 0.6 is 0 Å². The van der Waals surface area contributed by atoms with Crippen molar-refractivity contribution in [3.8, 4) is 0 Å². The molecule has 4 rings (SSSR count). The van der Waals surface area contributed by atoms with Gasteiger partial charge in [0.15, 0.2) is 5.65 Å². The van der Waals surface area contributed by atoms with Gasteiger partial charge < -0.3 is 9.47 Å². The van der Waals surface area contributed by atoms with Gasteiger partial charge in [0.05, 0.1) is 6.54 Å². The summed E-state index contributed by atoms with van der Waals surface area (Å²) in [5, 5.41) is 0. The number of aryl methyl sites for hydroxylation is 4. The van der Waals surface area contributed by atoms with Crippen molar-refractivity contribution in [1.29, 1.82) is 0 Å². The number of rotatable bonds is 7. The molecule has 0 saturated carbocycles. The molecule has 1 aliphatic heterocycles. The summed E-state index contributed by atoms with van der Waals surface area (Å²) >= 11 is 0. The fraction of sp³-hybridized carbons (Fsp3) is 0.571. The monoisotopic (exact) mass is 447 g/mol. The summed E-state index contributed by atoms with van der Waals surface area (Å²) in [7, 11) is 0. The molecule has 0 radical (unpaired) electrons. The molecule has 1 fully saturated rings. The highest BCUT2D eigenvalue weighted by molar-refractivity contribution is 5.76. The van der Waals surface area contributed by atoms with Gasteiger partial charge in [-0.1, -0.05) is 31.2 Å². The summed E-state index contributed by atoms with van der Waals surface area (Å²) in [5.41, 5.74) is 7.36. The summed E-state index contributed by atoms with van der Waals surface area (Å²) in [4.78, 5) is 14.9. The molecular weight excluding hydrogens is 406 g/mol. The zero-order chi connectivity index (χ0) is 23.6. The SMILES string of the molecule is CCc1nc2c(C)cc(C)nc2n1Cc1ccc(CCCN2CCN(C(C)(C)C)CC2)cc1. The van der Waals surface area contributed by atoms with Gasteiger partial charge in [-0.25, -0.2) is 9.97 Å². The van der Waals surface area contributed by atoms with E-state index in [1.165, 1.54) is 55.8 Å². The van der Waals surface area contributed by atoms with E-state index in [9.17, 15) is 0 Å². The van der Waals surface area contributed by atoms with Crippen molar-refractivity contribution in [2.45, 2.75) is 72.9 Å². The Morgan fingerprint density at radius 1 is 0.909 bits per heavy atom. The van der Waals surface area contributed by atoms with Crippen LogP contribution in [0.15, 0.2) is 30.3 Å². The van der Waals surface area contributed by atoms with Crippen molar-refractivity contribution in [2.75, 3.05) is 32.7 Å². The van der Waals surface area contributed by atoms with E-state index in [4.69, 9.17) is 9.97 Å². The van der Waals surface area contributed by atoms with Gasteiger partial charge in [-0.3, -0.25) is 4.90 Å². The molecule has 1 saturated heterocycles. The number of hydrogen-bond acceptors (Lipinski definition) is 4. The highest BCUT2D eigenvalue weighted by Crippen LogP contribution is 2.21. The van der Waals surface area contributed by atoms with Crippen LogP contribution in [0.2, 0.25) is 0 Å². The standard InChI is InChI=1S/C28H41N5/c1-7-25-30-26-21(2)19-22(3)29-27(26)33(25)20-24-12-10-23(11-13-24)9-8-14-31-15-17-32(18-16-31)28(4,5)6/h10-13,19H,7-9,14-18,20H2,1-6H3. The molecular formula is C28H41N5. The summed E-state index contributed by atoms with van der Waals surface area (Å²) in [6.45, 7) is 20.1. The van der Waals surface area contributed by atoms with Crippen molar-refractivity contribution in [2.24, 2.45) is 0 Å². The predicted molar refractivity (Wildman–Crippen MR) is 138 cm³/mol. The van der Waals surface area contributed by atoms with Crippen LogP contribution in [-0.4, -0.2) is 62.6 Å². The smallest absolute Gasteiger partial charge is 0.160 e. The third-order valence-corrected chi connectivity index (χ3v) is 7.04. The third kappa shape index (κ3) is 5.64. The van der Waals surface area contributed by atoms with Gasteiger partial charge in [0, 0.05) is 43.8 Å². The minimum Gasteiger partial charge on any atom is -0.308 e. The van der Waals surface area contributed by atoms with Crippen LogP contribution in [0, 0.1) is 13.8 Å². The van der Waals surface area contributed by atoms with Crippen molar-refractivity contribution >= 4 is 11.2 Å². The number of piperazine rings is 1. The Morgan fingerprint density at radius 3 is 2.21 bits per heavy atom. The lowest BCUT2D eigenvalue weighted by molar-refractivity contribution is 0.0619. The fourth-order valence-electron chi connectivity index (χ4n) is 5.03. The quantitative estimate of drug-likeness (QED) is 0.510. The molecule has 3 aromatic rings. The second-order valence-corrected chi connectivity index (χ2v) is 10.6. The van der Waals surface area contributed by atoms with Gasteiger partial charge in [-0.05, 0) is 76.8 Å². The first-order valence-electron chi connectivity index (χ1n) is 12.6. The fourth-order valence-corrected chi connectivity index (χ4v) is 5.03. The maximum absolute atomic E-state index is 4.88.